The fourth-order valence-electron chi connectivity index (χ4n) is 3.21. The van der Waals surface area contributed by atoms with Gasteiger partial charge < -0.3 is 10.1 Å². The second-order valence-electron chi connectivity index (χ2n) is 6.25. The van der Waals surface area contributed by atoms with Crippen molar-refractivity contribution in [2.45, 2.75) is 19.4 Å². The zero-order chi connectivity index (χ0) is 18.0. The summed E-state index contributed by atoms with van der Waals surface area (Å²) in [7, 11) is 1.37. The van der Waals surface area contributed by atoms with E-state index in [9.17, 15) is 9.18 Å². The Bertz CT molecular complexity index is 853. The fourth-order valence-corrected chi connectivity index (χ4v) is 3.21. The number of hydrogen-bond donors (Lipinski definition) is 1. The molecule has 1 heterocycles. The van der Waals surface area contributed by atoms with E-state index in [-0.39, 0.29) is 11.8 Å². The minimum absolute atomic E-state index is 0.295. The minimum atomic E-state index is -0.985. The molecule has 0 aliphatic carbocycles. The molecule has 25 heavy (non-hydrogen) atoms. The molecule has 4 heteroatoms. The van der Waals surface area contributed by atoms with Crippen LogP contribution in [0.3, 0.4) is 0 Å². The lowest BCUT2D eigenvalue weighted by atomic mass is 9.83. The average molecular weight is 337 g/mol. The molecule has 0 spiro atoms. The highest BCUT2D eigenvalue weighted by Crippen LogP contribution is 2.38. The van der Waals surface area contributed by atoms with E-state index in [1.807, 2.05) is 43.3 Å². The summed E-state index contributed by atoms with van der Waals surface area (Å²) in [6, 6.07) is 16.2. The van der Waals surface area contributed by atoms with Gasteiger partial charge in [-0.15, -0.1) is 0 Å². The molecular weight excluding hydrogens is 317 g/mol. The molecule has 1 atom stereocenters. The summed E-state index contributed by atoms with van der Waals surface area (Å²) in [5.74, 6) is -0.672. The Morgan fingerprint density at radius 2 is 1.68 bits per heavy atom. The number of benzene rings is 2. The van der Waals surface area contributed by atoms with Crippen LogP contribution in [0.5, 0.6) is 0 Å². The van der Waals surface area contributed by atoms with E-state index in [1.54, 1.807) is 19.1 Å². The number of carbonyl (C=O) groups is 1. The van der Waals surface area contributed by atoms with Crippen molar-refractivity contribution in [1.82, 2.24) is 5.32 Å². The predicted octanol–water partition coefficient (Wildman–Crippen LogP) is 4.18. The summed E-state index contributed by atoms with van der Waals surface area (Å²) < 4.78 is 18.3. The molecule has 2 aromatic carbocycles. The molecule has 0 saturated heterocycles. The Hall–Kier alpha value is -2.88. The first kappa shape index (κ1) is 17.0. The molecule has 3 rings (SSSR count). The van der Waals surface area contributed by atoms with Gasteiger partial charge in [-0.1, -0.05) is 42.5 Å². The molecule has 1 N–H and O–H groups in total. The molecule has 1 aliphatic heterocycles. The van der Waals surface area contributed by atoms with Crippen molar-refractivity contribution in [3.63, 3.8) is 0 Å². The summed E-state index contributed by atoms with van der Waals surface area (Å²) in [4.78, 5) is 12.3. The number of carbonyl (C=O) groups excluding carboxylic acids is 1. The van der Waals surface area contributed by atoms with E-state index in [2.05, 4.69) is 5.32 Å². The number of methoxy groups -OCH3 is 1. The number of dihydropyridines is 1. The minimum Gasteiger partial charge on any atom is -0.467 e. The Kier molecular flexibility index (Phi) is 4.45. The Balaban J connectivity index is 2.20. The van der Waals surface area contributed by atoms with Gasteiger partial charge in [0.25, 0.3) is 0 Å². The number of halogens is 1. The van der Waals surface area contributed by atoms with Crippen LogP contribution in [0, 0.1) is 5.82 Å². The first-order valence-electron chi connectivity index (χ1n) is 8.06. The Labute approximate surface area is 146 Å². The molecule has 0 radical (unpaired) electrons. The summed E-state index contributed by atoms with van der Waals surface area (Å²) >= 11 is 0. The van der Waals surface area contributed by atoms with Crippen LogP contribution in [-0.2, 0) is 9.53 Å². The van der Waals surface area contributed by atoms with Gasteiger partial charge in [0.2, 0.25) is 0 Å². The highest BCUT2D eigenvalue weighted by atomic mass is 19.1. The number of esters is 1. The van der Waals surface area contributed by atoms with E-state index in [1.165, 1.54) is 19.2 Å². The van der Waals surface area contributed by atoms with Crippen molar-refractivity contribution >= 4 is 17.1 Å². The first-order chi connectivity index (χ1) is 11.9. The Morgan fingerprint density at radius 1 is 1.04 bits per heavy atom. The highest BCUT2D eigenvalue weighted by Gasteiger charge is 2.37. The van der Waals surface area contributed by atoms with E-state index in [0.717, 1.165) is 28.0 Å². The molecule has 0 fully saturated rings. The zero-order valence-corrected chi connectivity index (χ0v) is 14.5. The van der Waals surface area contributed by atoms with Crippen molar-refractivity contribution in [2.24, 2.45) is 0 Å². The molecule has 2 aromatic rings. The van der Waals surface area contributed by atoms with E-state index >= 15 is 0 Å². The molecular formula is C21H20FNO2. The summed E-state index contributed by atoms with van der Waals surface area (Å²) in [5.41, 5.74) is 3.59. The van der Waals surface area contributed by atoms with Crippen molar-refractivity contribution < 1.29 is 13.9 Å². The summed E-state index contributed by atoms with van der Waals surface area (Å²) in [5, 5.41) is 3.26. The lowest BCUT2D eigenvalue weighted by Gasteiger charge is -2.34. The van der Waals surface area contributed by atoms with Gasteiger partial charge >= 0.3 is 5.97 Å². The monoisotopic (exact) mass is 337 g/mol. The van der Waals surface area contributed by atoms with Gasteiger partial charge in [0, 0.05) is 11.3 Å². The third-order valence-electron chi connectivity index (χ3n) is 4.35. The van der Waals surface area contributed by atoms with Crippen molar-refractivity contribution in [3.8, 4) is 0 Å². The maximum absolute atomic E-state index is 13.4. The van der Waals surface area contributed by atoms with E-state index < -0.39 is 5.54 Å². The lowest BCUT2D eigenvalue weighted by Crippen LogP contribution is -2.49. The van der Waals surface area contributed by atoms with Gasteiger partial charge in [-0.05, 0) is 48.8 Å². The van der Waals surface area contributed by atoms with Crippen LogP contribution in [0.2, 0.25) is 0 Å². The number of nitrogens with one attached hydrogen (secondary N) is 1. The fraction of sp³-hybridized carbons (Fsp3) is 0.190. The lowest BCUT2D eigenvalue weighted by molar-refractivity contribution is -0.145. The van der Waals surface area contributed by atoms with Crippen molar-refractivity contribution in [1.29, 1.82) is 0 Å². The smallest absolute Gasteiger partial charge is 0.335 e. The van der Waals surface area contributed by atoms with Crippen LogP contribution >= 0.6 is 0 Å². The maximum Gasteiger partial charge on any atom is 0.335 e. The molecule has 0 aromatic heterocycles. The van der Waals surface area contributed by atoms with Gasteiger partial charge in [0.1, 0.15) is 5.82 Å². The number of rotatable bonds is 3. The summed E-state index contributed by atoms with van der Waals surface area (Å²) in [6.45, 7) is 3.70. The van der Waals surface area contributed by atoms with E-state index in [0.29, 0.717) is 0 Å². The van der Waals surface area contributed by atoms with Gasteiger partial charge in [0.15, 0.2) is 5.54 Å². The highest BCUT2D eigenvalue weighted by molar-refractivity contribution is 6.09. The summed E-state index contributed by atoms with van der Waals surface area (Å²) in [6.07, 6.45) is 1.85. The molecule has 128 valence electrons. The third kappa shape index (κ3) is 3.20. The molecule has 0 amide bonds. The van der Waals surface area contributed by atoms with Crippen molar-refractivity contribution in [3.05, 3.63) is 83.3 Å². The topological polar surface area (TPSA) is 38.3 Å². The average Bonchev–Trinajstić information content (AvgIpc) is 2.61. The molecule has 1 unspecified atom stereocenters. The van der Waals surface area contributed by atoms with Crippen LogP contribution < -0.4 is 5.32 Å². The normalized spacial score (nSPS) is 19.9. The van der Waals surface area contributed by atoms with Crippen LogP contribution in [-0.4, -0.2) is 18.6 Å². The van der Waals surface area contributed by atoms with E-state index in [4.69, 9.17) is 4.74 Å². The van der Waals surface area contributed by atoms with Gasteiger partial charge in [-0.3, -0.25) is 0 Å². The SMILES string of the molecule is COC(=O)C1(C)C=C(c2ccc(F)cc2)C(c2ccccc2)=C(C)N1. The van der Waals surface area contributed by atoms with Crippen LogP contribution in [0.1, 0.15) is 25.0 Å². The third-order valence-corrected chi connectivity index (χ3v) is 4.35. The second-order valence-corrected chi connectivity index (χ2v) is 6.25. The molecule has 1 aliphatic rings. The standard InChI is InChI=1S/C21H20FNO2/c1-14-19(16-7-5-4-6-8-16)18(15-9-11-17(22)12-10-15)13-21(2,23-14)20(24)25-3/h4-13,23H,1-3H3. The maximum atomic E-state index is 13.4. The number of allylic oxidation sites excluding steroid dienone is 3. The van der Waals surface area contributed by atoms with Gasteiger partial charge in [-0.25, -0.2) is 9.18 Å². The predicted molar refractivity (Wildman–Crippen MR) is 97.0 cm³/mol. The largest absolute Gasteiger partial charge is 0.467 e. The quantitative estimate of drug-likeness (QED) is 0.854. The molecule has 3 nitrogen and oxygen atoms in total. The van der Waals surface area contributed by atoms with Crippen molar-refractivity contribution in [2.75, 3.05) is 7.11 Å². The molecule has 0 bridgehead atoms. The van der Waals surface area contributed by atoms with Crippen LogP contribution in [0.4, 0.5) is 4.39 Å². The first-order valence-corrected chi connectivity index (χ1v) is 8.06. The van der Waals surface area contributed by atoms with Crippen LogP contribution in [0.25, 0.3) is 11.1 Å². The second kappa shape index (κ2) is 6.55. The van der Waals surface area contributed by atoms with Gasteiger partial charge in [0.05, 0.1) is 7.11 Å². The molecule has 0 saturated carbocycles. The zero-order valence-electron chi connectivity index (χ0n) is 14.5. The Morgan fingerprint density at radius 3 is 2.28 bits per heavy atom. The van der Waals surface area contributed by atoms with Crippen LogP contribution in [0.15, 0.2) is 66.4 Å². The number of ether oxygens (including phenoxy) is 1. The number of hydrogen-bond acceptors (Lipinski definition) is 3. The van der Waals surface area contributed by atoms with Gasteiger partial charge in [-0.2, -0.15) is 0 Å².